The number of hydrogen-bond acceptors (Lipinski definition) is 4. The van der Waals surface area contributed by atoms with Crippen molar-refractivity contribution in [1.29, 1.82) is 0 Å². The number of carbonyl (C=O) groups excluding carboxylic acids is 1. The molecule has 1 amide bonds. The van der Waals surface area contributed by atoms with Crippen molar-refractivity contribution in [1.82, 2.24) is 20.5 Å². The molecule has 0 aliphatic heterocycles. The molecule has 2 aromatic heterocycles. The van der Waals surface area contributed by atoms with Gasteiger partial charge in [-0.2, -0.15) is 5.10 Å². The van der Waals surface area contributed by atoms with E-state index in [1.807, 2.05) is 67.6 Å². The maximum atomic E-state index is 12.5. The van der Waals surface area contributed by atoms with Gasteiger partial charge in [-0.1, -0.05) is 24.0 Å². The lowest BCUT2D eigenvalue weighted by Crippen LogP contribution is -2.28. The molecule has 3 N–H and O–H groups in total. The number of anilines is 2. The molecule has 0 fully saturated rings. The number of fused-ring (bicyclic) bond motifs is 1. The van der Waals surface area contributed by atoms with Gasteiger partial charge in [0.1, 0.15) is 0 Å². The Labute approximate surface area is 179 Å². The molecule has 0 saturated heterocycles. The molecule has 6 nitrogen and oxygen atoms in total. The molecule has 6 heteroatoms. The Morgan fingerprint density at radius 1 is 1.10 bits per heavy atom. The maximum absolute atomic E-state index is 12.5. The van der Waals surface area contributed by atoms with Crippen LogP contribution in [0.3, 0.4) is 0 Å². The fourth-order valence-corrected chi connectivity index (χ4v) is 3.33. The third-order valence-electron chi connectivity index (χ3n) is 4.96. The van der Waals surface area contributed by atoms with Crippen LogP contribution in [0.25, 0.3) is 23.1 Å². The smallest absolute Gasteiger partial charge is 0.255 e. The standard InChI is InChI=1S/C25H19N5O/c1-16-12-13-26-18(14-16)9-11-23-20-10-8-19(15-24(20)30-29-23)27-22-5-3-2-4-21(22)25(31)28-17-6-7-17/h2-5,8-15,17,27H,1H3,(H,28,31)(H,29,30)/b11-9+. The Hall–Kier alpha value is -4.37. The SMILES string of the molecule is Cc1ccnc(/C=C/c2n[nH]c3cc(Nc4ccccc4C(=O)NC4C#C4)ccc23)c1. The predicted octanol–water partition coefficient (Wildman–Crippen LogP) is 4.30. The fourth-order valence-electron chi connectivity index (χ4n) is 3.33. The molecule has 1 aliphatic rings. The number of H-pyrrole nitrogens is 1. The fraction of sp³-hybridized carbons (Fsp3) is 0.0800. The molecule has 2 aromatic carbocycles. The van der Waals surface area contributed by atoms with Crippen LogP contribution in [0.15, 0.2) is 60.8 Å². The lowest BCUT2D eigenvalue weighted by Gasteiger charge is -2.12. The predicted molar refractivity (Wildman–Crippen MR) is 123 cm³/mol. The van der Waals surface area contributed by atoms with E-state index in [0.29, 0.717) is 5.56 Å². The van der Waals surface area contributed by atoms with Gasteiger partial charge >= 0.3 is 0 Å². The van der Waals surface area contributed by atoms with Gasteiger partial charge in [-0.05, 0) is 67.1 Å². The molecular weight excluding hydrogens is 386 g/mol. The van der Waals surface area contributed by atoms with Crippen LogP contribution in [0.1, 0.15) is 27.3 Å². The van der Waals surface area contributed by atoms with Crippen molar-refractivity contribution >= 4 is 40.3 Å². The minimum atomic E-state index is -0.177. The van der Waals surface area contributed by atoms with Gasteiger partial charge in [0, 0.05) is 17.3 Å². The van der Waals surface area contributed by atoms with Gasteiger partial charge in [0.25, 0.3) is 5.91 Å². The zero-order chi connectivity index (χ0) is 21.2. The van der Waals surface area contributed by atoms with Gasteiger partial charge in [-0.15, -0.1) is 0 Å². The second-order valence-corrected chi connectivity index (χ2v) is 7.33. The molecule has 1 aliphatic carbocycles. The zero-order valence-corrected chi connectivity index (χ0v) is 16.8. The van der Waals surface area contributed by atoms with Gasteiger partial charge in [-0.25, -0.2) is 0 Å². The van der Waals surface area contributed by atoms with E-state index in [9.17, 15) is 4.79 Å². The van der Waals surface area contributed by atoms with E-state index in [0.717, 1.165) is 39.2 Å². The summed E-state index contributed by atoms with van der Waals surface area (Å²) in [6.07, 6.45) is 5.70. The Bertz CT molecular complexity index is 1380. The molecule has 31 heavy (non-hydrogen) atoms. The van der Waals surface area contributed by atoms with Crippen LogP contribution in [0, 0.1) is 18.8 Å². The van der Waals surface area contributed by atoms with Crippen molar-refractivity contribution in [2.24, 2.45) is 0 Å². The van der Waals surface area contributed by atoms with Crippen LogP contribution >= 0.6 is 0 Å². The Balaban J connectivity index is 1.37. The molecule has 0 radical (unpaired) electrons. The van der Waals surface area contributed by atoms with E-state index < -0.39 is 0 Å². The number of pyridine rings is 1. The zero-order valence-electron chi connectivity index (χ0n) is 16.8. The van der Waals surface area contributed by atoms with Gasteiger partial charge in [0.2, 0.25) is 0 Å². The van der Waals surface area contributed by atoms with Crippen molar-refractivity contribution in [3.05, 3.63) is 83.3 Å². The highest BCUT2D eigenvalue weighted by atomic mass is 16.1. The van der Waals surface area contributed by atoms with E-state index >= 15 is 0 Å². The normalized spacial score (nSPS) is 12.5. The van der Waals surface area contributed by atoms with Crippen molar-refractivity contribution in [2.75, 3.05) is 5.32 Å². The third-order valence-corrected chi connectivity index (χ3v) is 4.96. The number of benzene rings is 2. The topological polar surface area (TPSA) is 82.7 Å². The van der Waals surface area contributed by atoms with E-state index in [2.05, 4.69) is 37.7 Å². The summed E-state index contributed by atoms with van der Waals surface area (Å²) in [4.78, 5) is 16.8. The van der Waals surface area contributed by atoms with E-state index in [1.165, 1.54) is 0 Å². The highest BCUT2D eigenvalue weighted by Crippen LogP contribution is 2.26. The van der Waals surface area contributed by atoms with Gasteiger partial charge in [0.05, 0.1) is 28.2 Å². The van der Waals surface area contributed by atoms with Crippen molar-refractivity contribution in [3.63, 3.8) is 0 Å². The van der Waals surface area contributed by atoms with Crippen LogP contribution in [0.5, 0.6) is 0 Å². The minimum absolute atomic E-state index is 0.162. The number of amides is 1. The number of nitrogens with zero attached hydrogens (tertiary/aromatic N) is 2. The first-order chi connectivity index (χ1) is 15.2. The molecule has 150 valence electrons. The number of aryl methyl sites for hydroxylation is 1. The summed E-state index contributed by atoms with van der Waals surface area (Å²) >= 11 is 0. The molecule has 0 spiro atoms. The molecule has 2 heterocycles. The Morgan fingerprint density at radius 3 is 2.81 bits per heavy atom. The van der Waals surface area contributed by atoms with Crippen molar-refractivity contribution < 1.29 is 4.79 Å². The van der Waals surface area contributed by atoms with Crippen LogP contribution in [0.4, 0.5) is 11.4 Å². The first kappa shape index (κ1) is 18.6. The molecule has 0 saturated carbocycles. The molecule has 0 atom stereocenters. The van der Waals surface area contributed by atoms with Crippen molar-refractivity contribution in [2.45, 2.75) is 13.0 Å². The van der Waals surface area contributed by atoms with Gasteiger partial charge < -0.3 is 10.6 Å². The van der Waals surface area contributed by atoms with E-state index in [4.69, 9.17) is 0 Å². The molecular formula is C25H19N5O. The van der Waals surface area contributed by atoms with Gasteiger partial charge in [-0.3, -0.25) is 14.9 Å². The average molecular weight is 405 g/mol. The minimum Gasteiger partial charge on any atom is -0.355 e. The molecule has 0 unspecified atom stereocenters. The number of para-hydroxylation sites is 1. The first-order valence-corrected chi connectivity index (χ1v) is 9.92. The number of carbonyl (C=O) groups is 1. The molecule has 5 rings (SSSR count). The molecule has 0 bridgehead atoms. The quantitative estimate of drug-likeness (QED) is 0.418. The van der Waals surface area contributed by atoms with E-state index in [1.54, 1.807) is 12.3 Å². The first-order valence-electron chi connectivity index (χ1n) is 9.92. The van der Waals surface area contributed by atoms with E-state index in [-0.39, 0.29) is 11.9 Å². The highest BCUT2D eigenvalue weighted by molar-refractivity contribution is 6.01. The lowest BCUT2D eigenvalue weighted by molar-refractivity contribution is 0.0955. The number of aromatic nitrogens is 3. The number of aromatic amines is 1. The summed E-state index contributed by atoms with van der Waals surface area (Å²) in [5.41, 5.74) is 5.94. The van der Waals surface area contributed by atoms with Crippen molar-refractivity contribution in [3.8, 4) is 11.8 Å². The second kappa shape index (κ2) is 7.81. The third kappa shape index (κ3) is 4.16. The highest BCUT2D eigenvalue weighted by Gasteiger charge is 2.17. The van der Waals surface area contributed by atoms with Gasteiger partial charge in [0.15, 0.2) is 6.04 Å². The largest absolute Gasteiger partial charge is 0.355 e. The lowest BCUT2D eigenvalue weighted by atomic mass is 10.1. The summed E-state index contributed by atoms with van der Waals surface area (Å²) in [5, 5.41) is 14.7. The summed E-state index contributed by atoms with van der Waals surface area (Å²) in [7, 11) is 0. The maximum Gasteiger partial charge on any atom is 0.255 e. The monoisotopic (exact) mass is 405 g/mol. The number of rotatable bonds is 6. The van der Waals surface area contributed by atoms with Crippen LogP contribution in [-0.2, 0) is 0 Å². The summed E-state index contributed by atoms with van der Waals surface area (Å²) < 4.78 is 0. The summed E-state index contributed by atoms with van der Waals surface area (Å²) in [5.74, 6) is 5.49. The van der Waals surface area contributed by atoms with Crippen LogP contribution in [-0.4, -0.2) is 27.1 Å². The summed E-state index contributed by atoms with van der Waals surface area (Å²) in [6, 6.07) is 17.2. The van der Waals surface area contributed by atoms with Crippen LogP contribution in [0.2, 0.25) is 0 Å². The van der Waals surface area contributed by atoms with Crippen LogP contribution < -0.4 is 10.6 Å². The average Bonchev–Trinajstić information content (AvgIpc) is 3.50. The Kier molecular flexibility index (Phi) is 4.70. The number of nitrogens with one attached hydrogen (secondary N) is 3. The molecule has 4 aromatic rings. The second-order valence-electron chi connectivity index (χ2n) is 7.33. The Morgan fingerprint density at radius 2 is 1.97 bits per heavy atom. The summed E-state index contributed by atoms with van der Waals surface area (Å²) in [6.45, 7) is 2.04. The number of hydrogen-bond donors (Lipinski definition) is 3.